The number of rotatable bonds is 2. The standard InChI is InChI=1S/C18H11N9/c1-2-6-25-16(3-1)22-18(24-25)12-8-20-17-7-14(23-27(17)10-12)15-11-26-13(9-19-15)4-5-21-26/h1-11H. The summed E-state index contributed by atoms with van der Waals surface area (Å²) in [6.07, 6.45) is 10.8. The predicted molar refractivity (Wildman–Crippen MR) is 96.9 cm³/mol. The molecule has 128 valence electrons. The van der Waals surface area contributed by atoms with Crippen LogP contribution in [0, 0.1) is 0 Å². The van der Waals surface area contributed by atoms with Crippen molar-refractivity contribution in [3.8, 4) is 22.8 Å². The minimum Gasteiger partial charge on any atom is -0.251 e. The van der Waals surface area contributed by atoms with E-state index in [0.717, 1.165) is 33.8 Å². The topological polar surface area (TPSA) is 90.6 Å². The van der Waals surface area contributed by atoms with E-state index in [0.29, 0.717) is 5.82 Å². The van der Waals surface area contributed by atoms with Gasteiger partial charge in [-0.1, -0.05) is 6.07 Å². The fourth-order valence-electron chi connectivity index (χ4n) is 3.02. The summed E-state index contributed by atoms with van der Waals surface area (Å²) in [5, 5.41) is 13.3. The summed E-state index contributed by atoms with van der Waals surface area (Å²) in [6, 6.07) is 9.54. The van der Waals surface area contributed by atoms with E-state index >= 15 is 0 Å². The Morgan fingerprint density at radius 2 is 1.78 bits per heavy atom. The third-order valence-electron chi connectivity index (χ3n) is 4.36. The van der Waals surface area contributed by atoms with Crippen molar-refractivity contribution in [2.75, 3.05) is 0 Å². The maximum absolute atomic E-state index is 4.60. The van der Waals surface area contributed by atoms with Gasteiger partial charge < -0.3 is 0 Å². The van der Waals surface area contributed by atoms with Gasteiger partial charge in [0.2, 0.25) is 0 Å². The number of nitrogens with zero attached hydrogens (tertiary/aromatic N) is 9. The van der Waals surface area contributed by atoms with Gasteiger partial charge in [0.15, 0.2) is 17.1 Å². The second-order valence-corrected chi connectivity index (χ2v) is 6.09. The number of pyridine rings is 1. The van der Waals surface area contributed by atoms with Crippen molar-refractivity contribution in [1.82, 2.24) is 43.8 Å². The SMILES string of the molecule is c1ccn2nc(-c3cnc4cc(-c5cn6nccc6cn5)nn4c3)nc2c1. The summed E-state index contributed by atoms with van der Waals surface area (Å²) in [5.74, 6) is 0.601. The fourth-order valence-corrected chi connectivity index (χ4v) is 3.02. The highest BCUT2D eigenvalue weighted by atomic mass is 15.3. The van der Waals surface area contributed by atoms with Gasteiger partial charge >= 0.3 is 0 Å². The zero-order chi connectivity index (χ0) is 17.8. The molecule has 0 saturated heterocycles. The lowest BCUT2D eigenvalue weighted by molar-refractivity contribution is 0.921. The number of fused-ring (bicyclic) bond motifs is 3. The van der Waals surface area contributed by atoms with Crippen LogP contribution in [0.5, 0.6) is 0 Å². The highest BCUT2D eigenvalue weighted by molar-refractivity contribution is 5.63. The van der Waals surface area contributed by atoms with Gasteiger partial charge in [0.25, 0.3) is 0 Å². The molecule has 0 aliphatic carbocycles. The van der Waals surface area contributed by atoms with Crippen molar-refractivity contribution in [3.05, 3.63) is 67.5 Å². The van der Waals surface area contributed by atoms with E-state index < -0.39 is 0 Å². The maximum atomic E-state index is 4.60. The molecule has 0 atom stereocenters. The first-order chi connectivity index (χ1) is 13.3. The first-order valence-electron chi connectivity index (χ1n) is 8.30. The van der Waals surface area contributed by atoms with Crippen LogP contribution in [0.3, 0.4) is 0 Å². The second kappa shape index (κ2) is 5.18. The van der Waals surface area contributed by atoms with Crippen molar-refractivity contribution in [3.63, 3.8) is 0 Å². The lowest BCUT2D eigenvalue weighted by atomic mass is 10.3. The van der Waals surface area contributed by atoms with Crippen molar-refractivity contribution in [2.45, 2.75) is 0 Å². The largest absolute Gasteiger partial charge is 0.251 e. The van der Waals surface area contributed by atoms with E-state index in [-0.39, 0.29) is 0 Å². The summed E-state index contributed by atoms with van der Waals surface area (Å²) in [7, 11) is 0. The van der Waals surface area contributed by atoms with Gasteiger partial charge in [0.1, 0.15) is 11.4 Å². The molecule has 0 unspecified atom stereocenters. The molecule has 0 spiro atoms. The van der Waals surface area contributed by atoms with Crippen LogP contribution in [-0.2, 0) is 0 Å². The van der Waals surface area contributed by atoms with Crippen LogP contribution < -0.4 is 0 Å². The van der Waals surface area contributed by atoms with Gasteiger partial charge in [0.05, 0.1) is 29.7 Å². The van der Waals surface area contributed by atoms with Crippen molar-refractivity contribution < 1.29 is 0 Å². The molecule has 0 amide bonds. The monoisotopic (exact) mass is 353 g/mol. The average Bonchev–Trinajstić information content (AvgIpc) is 3.42. The van der Waals surface area contributed by atoms with Crippen molar-refractivity contribution in [2.24, 2.45) is 0 Å². The minimum absolute atomic E-state index is 0.601. The molecule has 0 aliphatic heterocycles. The summed E-state index contributed by atoms with van der Waals surface area (Å²) >= 11 is 0. The molecule has 0 aromatic carbocycles. The molecule has 0 bridgehead atoms. The molecule has 6 heterocycles. The van der Waals surface area contributed by atoms with Crippen LogP contribution in [-0.4, -0.2) is 43.8 Å². The molecule has 27 heavy (non-hydrogen) atoms. The molecular formula is C18H11N9. The Balaban J connectivity index is 1.46. The molecular weight excluding hydrogens is 342 g/mol. The Hall–Kier alpha value is -4.14. The van der Waals surface area contributed by atoms with E-state index in [1.807, 2.05) is 48.9 Å². The van der Waals surface area contributed by atoms with Gasteiger partial charge in [-0.3, -0.25) is 4.98 Å². The quantitative estimate of drug-likeness (QED) is 0.474. The molecule has 9 heteroatoms. The number of hydrogen-bond donors (Lipinski definition) is 0. The Bertz CT molecular complexity index is 1410. The summed E-state index contributed by atoms with van der Waals surface area (Å²) in [5.41, 5.74) is 4.67. The first-order valence-corrected chi connectivity index (χ1v) is 8.30. The molecule has 0 N–H and O–H groups in total. The lowest BCUT2D eigenvalue weighted by Crippen LogP contribution is -1.94. The van der Waals surface area contributed by atoms with Crippen LogP contribution in [0.25, 0.3) is 39.6 Å². The van der Waals surface area contributed by atoms with Crippen LogP contribution in [0.2, 0.25) is 0 Å². The summed E-state index contributed by atoms with van der Waals surface area (Å²) in [6.45, 7) is 0. The highest BCUT2D eigenvalue weighted by Gasteiger charge is 2.11. The molecule has 0 radical (unpaired) electrons. The van der Waals surface area contributed by atoms with E-state index in [9.17, 15) is 0 Å². The van der Waals surface area contributed by atoms with Gasteiger partial charge in [-0.25, -0.2) is 23.5 Å². The second-order valence-electron chi connectivity index (χ2n) is 6.09. The Morgan fingerprint density at radius 1 is 0.778 bits per heavy atom. The third-order valence-corrected chi connectivity index (χ3v) is 4.36. The first kappa shape index (κ1) is 14.1. The maximum Gasteiger partial charge on any atom is 0.185 e. The van der Waals surface area contributed by atoms with E-state index in [2.05, 4.69) is 30.2 Å². The smallest absolute Gasteiger partial charge is 0.185 e. The summed E-state index contributed by atoms with van der Waals surface area (Å²) in [4.78, 5) is 13.5. The van der Waals surface area contributed by atoms with Gasteiger partial charge in [-0.05, 0) is 18.2 Å². The Labute approximate surface area is 151 Å². The van der Waals surface area contributed by atoms with E-state index in [1.54, 1.807) is 32.1 Å². The summed E-state index contributed by atoms with van der Waals surface area (Å²) < 4.78 is 5.22. The molecule has 6 aromatic rings. The predicted octanol–water partition coefficient (Wildman–Crippen LogP) is 2.15. The van der Waals surface area contributed by atoms with E-state index in [1.165, 1.54) is 0 Å². The fraction of sp³-hybridized carbons (Fsp3) is 0. The lowest BCUT2D eigenvalue weighted by Gasteiger charge is -1.97. The molecule has 6 rings (SSSR count). The number of aromatic nitrogens is 9. The van der Waals surface area contributed by atoms with Crippen LogP contribution in [0.1, 0.15) is 0 Å². The van der Waals surface area contributed by atoms with Crippen LogP contribution >= 0.6 is 0 Å². The minimum atomic E-state index is 0.601. The van der Waals surface area contributed by atoms with Crippen LogP contribution in [0.4, 0.5) is 0 Å². The van der Waals surface area contributed by atoms with Crippen molar-refractivity contribution in [1.29, 1.82) is 0 Å². The molecule has 0 saturated carbocycles. The molecule has 0 fully saturated rings. The number of hydrogen-bond acceptors (Lipinski definition) is 6. The third kappa shape index (κ3) is 2.18. The zero-order valence-electron chi connectivity index (χ0n) is 13.9. The van der Waals surface area contributed by atoms with E-state index in [4.69, 9.17) is 0 Å². The van der Waals surface area contributed by atoms with Crippen LogP contribution in [0.15, 0.2) is 67.5 Å². The average molecular weight is 353 g/mol. The van der Waals surface area contributed by atoms with Crippen molar-refractivity contribution >= 4 is 16.8 Å². The normalized spacial score (nSPS) is 11.7. The Morgan fingerprint density at radius 3 is 2.74 bits per heavy atom. The zero-order valence-corrected chi connectivity index (χ0v) is 13.9. The van der Waals surface area contributed by atoms with Gasteiger partial charge in [-0.2, -0.15) is 10.2 Å². The molecule has 0 aliphatic rings. The van der Waals surface area contributed by atoms with Gasteiger partial charge in [0, 0.05) is 24.7 Å². The molecule has 9 nitrogen and oxygen atoms in total. The Kier molecular flexibility index (Phi) is 2.70. The van der Waals surface area contributed by atoms with Gasteiger partial charge in [-0.15, -0.1) is 5.10 Å². The molecule has 6 aromatic heterocycles. The highest BCUT2D eigenvalue weighted by Crippen LogP contribution is 2.20.